The Morgan fingerprint density at radius 3 is 2.91 bits per heavy atom. The minimum atomic E-state index is 0.0623. The van der Waals surface area contributed by atoms with Crippen molar-refractivity contribution < 1.29 is 9.59 Å². The molecule has 3 rings (SSSR count). The SMILES string of the molecule is C[C@@H]1CCCC[C@@H]1NC(=O)CCN1C(=O)CSc2ccccc21. The van der Waals surface area contributed by atoms with Crippen LogP contribution in [0.2, 0.25) is 0 Å². The molecular weight excluding hydrogens is 308 g/mol. The van der Waals surface area contributed by atoms with Crippen molar-refractivity contribution in [1.82, 2.24) is 5.32 Å². The van der Waals surface area contributed by atoms with E-state index in [-0.39, 0.29) is 11.8 Å². The summed E-state index contributed by atoms with van der Waals surface area (Å²) in [5.74, 6) is 1.17. The summed E-state index contributed by atoms with van der Waals surface area (Å²) in [4.78, 5) is 27.3. The summed E-state index contributed by atoms with van der Waals surface area (Å²) >= 11 is 1.57. The fraction of sp³-hybridized carbons (Fsp3) is 0.556. The highest BCUT2D eigenvalue weighted by atomic mass is 32.2. The number of nitrogens with zero attached hydrogens (tertiary/aromatic N) is 1. The lowest BCUT2D eigenvalue weighted by atomic mass is 9.86. The molecule has 0 aromatic heterocycles. The summed E-state index contributed by atoms with van der Waals surface area (Å²) in [6.07, 6.45) is 5.11. The molecule has 0 radical (unpaired) electrons. The zero-order chi connectivity index (χ0) is 16.2. The second-order valence-corrected chi connectivity index (χ2v) is 7.50. The van der Waals surface area contributed by atoms with Crippen LogP contribution in [0.25, 0.3) is 0 Å². The molecule has 5 heteroatoms. The van der Waals surface area contributed by atoms with Crippen LogP contribution < -0.4 is 10.2 Å². The molecule has 0 bridgehead atoms. The molecule has 1 saturated carbocycles. The average Bonchev–Trinajstić information content (AvgIpc) is 2.56. The first-order valence-corrected chi connectivity index (χ1v) is 9.45. The number of hydrogen-bond acceptors (Lipinski definition) is 3. The van der Waals surface area contributed by atoms with E-state index in [0.717, 1.165) is 17.0 Å². The highest BCUT2D eigenvalue weighted by Crippen LogP contribution is 2.34. The number of amides is 2. The largest absolute Gasteiger partial charge is 0.353 e. The van der Waals surface area contributed by atoms with Gasteiger partial charge in [0.2, 0.25) is 11.8 Å². The third-order valence-corrected chi connectivity index (χ3v) is 5.88. The zero-order valence-corrected chi connectivity index (χ0v) is 14.4. The fourth-order valence-corrected chi connectivity index (χ4v) is 4.36. The molecule has 2 amide bonds. The Hall–Kier alpha value is -1.49. The van der Waals surface area contributed by atoms with Crippen LogP contribution >= 0.6 is 11.8 Å². The summed E-state index contributed by atoms with van der Waals surface area (Å²) in [5, 5.41) is 3.16. The lowest BCUT2D eigenvalue weighted by molar-refractivity contribution is -0.122. The molecule has 0 unspecified atom stereocenters. The maximum absolute atomic E-state index is 12.3. The third-order valence-electron chi connectivity index (χ3n) is 4.83. The monoisotopic (exact) mass is 332 g/mol. The lowest BCUT2D eigenvalue weighted by Crippen LogP contribution is -2.43. The standard InChI is InChI=1S/C18H24N2O2S/c1-13-6-2-3-7-14(13)19-17(21)10-11-20-15-8-4-5-9-16(15)23-12-18(20)22/h4-5,8-9,13-14H,2-3,6-7,10-12H2,1H3,(H,19,21)/t13-,14+/m1/s1. The molecule has 124 valence electrons. The Bertz CT molecular complexity index is 590. The van der Waals surface area contributed by atoms with Crippen molar-refractivity contribution in [1.29, 1.82) is 0 Å². The maximum atomic E-state index is 12.3. The molecule has 1 aliphatic carbocycles. The molecule has 1 aromatic rings. The van der Waals surface area contributed by atoms with Gasteiger partial charge >= 0.3 is 0 Å². The van der Waals surface area contributed by atoms with Crippen LogP contribution in [-0.4, -0.2) is 30.2 Å². The number of benzene rings is 1. The van der Waals surface area contributed by atoms with E-state index in [2.05, 4.69) is 12.2 Å². The second-order valence-electron chi connectivity index (χ2n) is 6.49. The van der Waals surface area contributed by atoms with Gasteiger partial charge in [0.15, 0.2) is 0 Å². The highest BCUT2D eigenvalue weighted by molar-refractivity contribution is 8.00. The van der Waals surface area contributed by atoms with E-state index < -0.39 is 0 Å². The van der Waals surface area contributed by atoms with Gasteiger partial charge in [-0.2, -0.15) is 0 Å². The number of carbonyl (C=O) groups is 2. The Morgan fingerprint density at radius 2 is 2.09 bits per heavy atom. The first-order valence-electron chi connectivity index (χ1n) is 8.46. The van der Waals surface area contributed by atoms with Gasteiger partial charge in [0.1, 0.15) is 0 Å². The van der Waals surface area contributed by atoms with E-state index in [9.17, 15) is 9.59 Å². The van der Waals surface area contributed by atoms with E-state index in [1.807, 2.05) is 24.3 Å². The maximum Gasteiger partial charge on any atom is 0.237 e. The molecule has 1 heterocycles. The number of fused-ring (bicyclic) bond motifs is 1. The normalized spacial score (nSPS) is 24.2. The smallest absolute Gasteiger partial charge is 0.237 e. The number of thioether (sulfide) groups is 1. The molecule has 23 heavy (non-hydrogen) atoms. The molecule has 4 nitrogen and oxygen atoms in total. The van der Waals surface area contributed by atoms with Crippen molar-refractivity contribution in [3.8, 4) is 0 Å². The molecule has 1 aromatic carbocycles. The van der Waals surface area contributed by atoms with Gasteiger partial charge in [-0.1, -0.05) is 31.9 Å². The predicted octanol–water partition coefficient (Wildman–Crippen LogP) is 3.21. The van der Waals surface area contributed by atoms with Crippen molar-refractivity contribution in [2.24, 2.45) is 5.92 Å². The Morgan fingerprint density at radius 1 is 1.30 bits per heavy atom. The number of rotatable bonds is 4. The first kappa shape index (κ1) is 16.4. The summed E-state index contributed by atoms with van der Waals surface area (Å²) in [6, 6.07) is 8.21. The second kappa shape index (κ2) is 7.39. The van der Waals surface area contributed by atoms with Crippen LogP contribution in [0, 0.1) is 5.92 Å². The lowest BCUT2D eigenvalue weighted by Gasteiger charge is -2.31. The van der Waals surface area contributed by atoms with E-state index in [0.29, 0.717) is 30.7 Å². The average molecular weight is 332 g/mol. The molecule has 2 aliphatic rings. The van der Waals surface area contributed by atoms with Crippen molar-refractivity contribution >= 4 is 29.3 Å². The summed E-state index contributed by atoms with van der Waals surface area (Å²) in [6.45, 7) is 2.68. The minimum absolute atomic E-state index is 0.0623. The number of hydrogen-bond donors (Lipinski definition) is 1. The van der Waals surface area contributed by atoms with E-state index in [1.54, 1.807) is 16.7 Å². The Labute approximate surface area is 142 Å². The summed E-state index contributed by atoms with van der Waals surface area (Å²) < 4.78 is 0. The Balaban J connectivity index is 1.57. The van der Waals surface area contributed by atoms with Crippen molar-refractivity contribution in [3.63, 3.8) is 0 Å². The van der Waals surface area contributed by atoms with Crippen molar-refractivity contribution in [2.45, 2.75) is 50.0 Å². The van der Waals surface area contributed by atoms with Gasteiger partial charge in [-0.25, -0.2) is 0 Å². The van der Waals surface area contributed by atoms with Crippen LogP contribution in [0.1, 0.15) is 39.0 Å². The number of carbonyl (C=O) groups excluding carboxylic acids is 2. The summed E-state index contributed by atoms with van der Waals surface area (Å²) in [7, 11) is 0. The van der Waals surface area contributed by atoms with Crippen molar-refractivity contribution in [2.75, 3.05) is 17.2 Å². The quantitative estimate of drug-likeness (QED) is 0.921. The van der Waals surface area contributed by atoms with Crippen molar-refractivity contribution in [3.05, 3.63) is 24.3 Å². The van der Waals surface area contributed by atoms with Gasteiger partial charge in [0, 0.05) is 23.9 Å². The van der Waals surface area contributed by atoms with Gasteiger partial charge in [-0.05, 0) is 30.9 Å². The predicted molar refractivity (Wildman–Crippen MR) is 93.7 cm³/mol. The van der Waals surface area contributed by atoms with E-state index in [4.69, 9.17) is 0 Å². The molecule has 0 spiro atoms. The van der Waals surface area contributed by atoms with Crippen LogP contribution in [0.3, 0.4) is 0 Å². The molecule has 0 saturated heterocycles. The zero-order valence-electron chi connectivity index (χ0n) is 13.6. The molecule has 1 aliphatic heterocycles. The third kappa shape index (κ3) is 3.89. The van der Waals surface area contributed by atoms with Crippen LogP contribution in [0.5, 0.6) is 0 Å². The molecular formula is C18H24N2O2S. The number of para-hydroxylation sites is 1. The van der Waals surface area contributed by atoms with Crippen LogP contribution in [0.15, 0.2) is 29.2 Å². The molecule has 2 atom stereocenters. The number of nitrogens with one attached hydrogen (secondary N) is 1. The first-order chi connectivity index (χ1) is 11.1. The van der Waals surface area contributed by atoms with Crippen LogP contribution in [-0.2, 0) is 9.59 Å². The molecule has 1 fully saturated rings. The number of anilines is 1. The topological polar surface area (TPSA) is 49.4 Å². The van der Waals surface area contributed by atoms with Gasteiger partial charge in [0.05, 0.1) is 11.4 Å². The van der Waals surface area contributed by atoms with Crippen LogP contribution in [0.4, 0.5) is 5.69 Å². The molecule has 1 N–H and O–H groups in total. The van der Waals surface area contributed by atoms with Gasteiger partial charge in [-0.15, -0.1) is 11.8 Å². The van der Waals surface area contributed by atoms with E-state index in [1.165, 1.54) is 19.3 Å². The van der Waals surface area contributed by atoms with E-state index >= 15 is 0 Å². The van der Waals surface area contributed by atoms with Gasteiger partial charge in [0.25, 0.3) is 0 Å². The van der Waals surface area contributed by atoms with Gasteiger partial charge < -0.3 is 10.2 Å². The summed E-state index contributed by atoms with van der Waals surface area (Å²) in [5.41, 5.74) is 0.938. The van der Waals surface area contributed by atoms with Gasteiger partial charge in [-0.3, -0.25) is 9.59 Å². The fourth-order valence-electron chi connectivity index (χ4n) is 3.42. The highest BCUT2D eigenvalue weighted by Gasteiger charge is 2.26. The minimum Gasteiger partial charge on any atom is -0.353 e. The Kier molecular flexibility index (Phi) is 5.26.